The van der Waals surface area contributed by atoms with Gasteiger partial charge in [0.1, 0.15) is 0 Å². The molecule has 166 valence electrons. The number of benzene rings is 1. The van der Waals surface area contributed by atoms with Crippen LogP contribution in [0.4, 0.5) is 0 Å². The first kappa shape index (κ1) is 21.8. The molecular weight excluding hydrogens is 412 g/mol. The minimum Gasteiger partial charge on any atom is -0.339 e. The van der Waals surface area contributed by atoms with Gasteiger partial charge in [0.25, 0.3) is 0 Å². The maximum atomic E-state index is 12.7. The smallest absolute Gasteiger partial charge is 0.233 e. The normalized spacial score (nSPS) is 17.3. The summed E-state index contributed by atoms with van der Waals surface area (Å²) in [6, 6.07) is 10.6. The van der Waals surface area contributed by atoms with Crippen LogP contribution < -0.4 is 0 Å². The van der Waals surface area contributed by atoms with Crippen molar-refractivity contribution in [3.8, 4) is 0 Å². The van der Waals surface area contributed by atoms with Gasteiger partial charge in [0.05, 0.1) is 11.8 Å². The molecule has 31 heavy (non-hydrogen) atoms. The second-order valence-electron chi connectivity index (χ2n) is 8.23. The lowest BCUT2D eigenvalue weighted by atomic mass is 10.1. The molecule has 1 saturated heterocycles. The summed E-state index contributed by atoms with van der Waals surface area (Å²) in [5.41, 5.74) is 1.27. The number of carbonyl (C=O) groups is 2. The highest BCUT2D eigenvalue weighted by atomic mass is 32.2. The molecule has 1 aliphatic heterocycles. The van der Waals surface area contributed by atoms with Gasteiger partial charge in [0.15, 0.2) is 0 Å². The predicted octanol–water partition coefficient (Wildman–Crippen LogP) is 2.57. The van der Waals surface area contributed by atoms with Crippen molar-refractivity contribution in [3.63, 3.8) is 0 Å². The number of amides is 2. The molecule has 0 radical (unpaired) electrons. The summed E-state index contributed by atoms with van der Waals surface area (Å²) in [4.78, 5) is 28.9. The standard InChI is InChI=1S/C22H30N6O2S/c29-20(12-6-9-18-7-2-1-3-8-18)26-13-15-27(16-14-26)21(30)17-31-22-23-24-25-28(22)19-10-4-5-11-19/h1-3,7-8,19H,4-6,9-17H2. The lowest BCUT2D eigenvalue weighted by Crippen LogP contribution is -2.51. The fourth-order valence-corrected chi connectivity index (χ4v) is 5.18. The van der Waals surface area contributed by atoms with Crippen molar-refractivity contribution in [3.05, 3.63) is 35.9 Å². The summed E-state index contributed by atoms with van der Waals surface area (Å²) in [6.45, 7) is 2.41. The molecule has 2 fully saturated rings. The Balaban J connectivity index is 1.17. The summed E-state index contributed by atoms with van der Waals surface area (Å²) in [6.07, 6.45) is 6.97. The third-order valence-corrected chi connectivity index (χ3v) is 7.06. The number of thioether (sulfide) groups is 1. The Labute approximate surface area is 187 Å². The average molecular weight is 443 g/mol. The molecule has 2 amide bonds. The van der Waals surface area contributed by atoms with Crippen LogP contribution in [0.15, 0.2) is 35.5 Å². The Morgan fingerprint density at radius 3 is 2.35 bits per heavy atom. The summed E-state index contributed by atoms with van der Waals surface area (Å²) in [5, 5.41) is 12.8. The van der Waals surface area contributed by atoms with Crippen molar-refractivity contribution in [1.29, 1.82) is 0 Å². The van der Waals surface area contributed by atoms with E-state index in [1.165, 1.54) is 30.2 Å². The fraction of sp³-hybridized carbons (Fsp3) is 0.591. The Bertz CT molecular complexity index is 860. The van der Waals surface area contributed by atoms with Crippen molar-refractivity contribution in [1.82, 2.24) is 30.0 Å². The van der Waals surface area contributed by atoms with E-state index in [4.69, 9.17) is 0 Å². The van der Waals surface area contributed by atoms with Crippen LogP contribution in [0.3, 0.4) is 0 Å². The van der Waals surface area contributed by atoms with Gasteiger partial charge < -0.3 is 9.80 Å². The molecule has 1 aliphatic carbocycles. The highest BCUT2D eigenvalue weighted by molar-refractivity contribution is 7.99. The lowest BCUT2D eigenvalue weighted by molar-refractivity contribution is -0.138. The third kappa shape index (κ3) is 5.84. The number of nitrogens with zero attached hydrogens (tertiary/aromatic N) is 6. The summed E-state index contributed by atoms with van der Waals surface area (Å²) < 4.78 is 1.89. The van der Waals surface area contributed by atoms with Crippen molar-refractivity contribution in [2.75, 3.05) is 31.9 Å². The first-order valence-electron chi connectivity index (χ1n) is 11.2. The summed E-state index contributed by atoms with van der Waals surface area (Å²) >= 11 is 1.41. The quantitative estimate of drug-likeness (QED) is 0.584. The molecule has 0 spiro atoms. The lowest BCUT2D eigenvalue weighted by Gasteiger charge is -2.34. The van der Waals surface area contributed by atoms with Gasteiger partial charge in [-0.1, -0.05) is 54.9 Å². The molecule has 1 aromatic heterocycles. The van der Waals surface area contributed by atoms with Gasteiger partial charge in [-0.3, -0.25) is 9.59 Å². The number of aryl methyl sites for hydroxylation is 1. The molecular formula is C22H30N6O2S. The van der Waals surface area contributed by atoms with E-state index in [9.17, 15) is 9.59 Å². The number of rotatable bonds is 8. The minimum atomic E-state index is 0.0853. The van der Waals surface area contributed by atoms with Crippen molar-refractivity contribution < 1.29 is 9.59 Å². The van der Waals surface area contributed by atoms with E-state index in [1.54, 1.807) is 0 Å². The molecule has 8 nitrogen and oxygen atoms in total. The molecule has 1 saturated carbocycles. The van der Waals surface area contributed by atoms with Gasteiger partial charge >= 0.3 is 0 Å². The zero-order valence-corrected chi connectivity index (χ0v) is 18.7. The van der Waals surface area contributed by atoms with E-state index >= 15 is 0 Å². The number of carbonyl (C=O) groups excluding carboxylic acids is 2. The Kier molecular flexibility index (Phi) is 7.56. The molecule has 1 aromatic carbocycles. The maximum absolute atomic E-state index is 12.7. The largest absolute Gasteiger partial charge is 0.339 e. The van der Waals surface area contributed by atoms with E-state index in [1.807, 2.05) is 32.7 Å². The van der Waals surface area contributed by atoms with Crippen molar-refractivity contribution >= 4 is 23.6 Å². The first-order chi connectivity index (χ1) is 15.2. The van der Waals surface area contributed by atoms with Gasteiger partial charge in [-0.15, -0.1) is 5.10 Å². The number of hydrogen-bond acceptors (Lipinski definition) is 6. The van der Waals surface area contributed by atoms with E-state index in [-0.39, 0.29) is 11.8 Å². The maximum Gasteiger partial charge on any atom is 0.233 e. The number of aromatic nitrogens is 4. The van der Waals surface area contributed by atoms with Gasteiger partial charge in [-0.2, -0.15) is 0 Å². The van der Waals surface area contributed by atoms with Crippen molar-refractivity contribution in [2.45, 2.75) is 56.1 Å². The molecule has 0 bridgehead atoms. The van der Waals surface area contributed by atoms with Gasteiger partial charge in [0, 0.05) is 32.6 Å². The first-order valence-corrected chi connectivity index (χ1v) is 12.2. The van der Waals surface area contributed by atoms with E-state index in [0.29, 0.717) is 44.4 Å². The molecule has 2 heterocycles. The minimum absolute atomic E-state index is 0.0853. The molecule has 0 unspecified atom stereocenters. The highest BCUT2D eigenvalue weighted by Gasteiger charge is 2.26. The van der Waals surface area contributed by atoms with Gasteiger partial charge in [-0.25, -0.2) is 4.68 Å². The van der Waals surface area contributed by atoms with Crippen LogP contribution in [0.2, 0.25) is 0 Å². The summed E-state index contributed by atoms with van der Waals surface area (Å²) in [7, 11) is 0. The zero-order chi connectivity index (χ0) is 21.5. The Morgan fingerprint density at radius 1 is 0.968 bits per heavy atom. The second kappa shape index (κ2) is 10.7. The number of tetrazole rings is 1. The average Bonchev–Trinajstić information content (AvgIpc) is 3.50. The summed E-state index contributed by atoms with van der Waals surface area (Å²) in [5.74, 6) is 0.605. The monoisotopic (exact) mass is 442 g/mol. The Morgan fingerprint density at radius 2 is 1.65 bits per heavy atom. The third-order valence-electron chi connectivity index (χ3n) is 6.14. The SMILES string of the molecule is O=C(CCCc1ccccc1)N1CCN(C(=O)CSc2nnnn2C2CCCC2)CC1. The van der Waals surface area contributed by atoms with Crippen LogP contribution in [0.25, 0.3) is 0 Å². The molecule has 2 aromatic rings. The molecule has 9 heteroatoms. The Hall–Kier alpha value is -2.42. The van der Waals surface area contributed by atoms with Crippen LogP contribution in [0, 0.1) is 0 Å². The van der Waals surface area contributed by atoms with E-state index < -0.39 is 0 Å². The number of hydrogen-bond donors (Lipinski definition) is 0. The van der Waals surface area contributed by atoms with Crippen molar-refractivity contribution in [2.24, 2.45) is 0 Å². The molecule has 4 rings (SSSR count). The molecule has 0 N–H and O–H groups in total. The van der Waals surface area contributed by atoms with Gasteiger partial charge in [-0.05, 0) is 41.7 Å². The molecule has 0 atom stereocenters. The van der Waals surface area contributed by atoms with E-state index in [0.717, 1.165) is 30.8 Å². The second-order valence-corrected chi connectivity index (χ2v) is 9.18. The van der Waals surface area contributed by atoms with Crippen LogP contribution in [0.5, 0.6) is 0 Å². The topological polar surface area (TPSA) is 84.2 Å². The molecule has 2 aliphatic rings. The van der Waals surface area contributed by atoms with E-state index in [2.05, 4.69) is 27.7 Å². The van der Waals surface area contributed by atoms with Crippen LogP contribution in [0.1, 0.15) is 50.1 Å². The van der Waals surface area contributed by atoms with Crippen LogP contribution >= 0.6 is 11.8 Å². The van der Waals surface area contributed by atoms with Crippen LogP contribution in [-0.4, -0.2) is 73.8 Å². The fourth-order valence-electron chi connectivity index (χ4n) is 4.33. The number of piperazine rings is 1. The van der Waals surface area contributed by atoms with Crippen LogP contribution in [-0.2, 0) is 16.0 Å². The van der Waals surface area contributed by atoms with Gasteiger partial charge in [0.2, 0.25) is 17.0 Å². The predicted molar refractivity (Wildman–Crippen MR) is 119 cm³/mol. The highest BCUT2D eigenvalue weighted by Crippen LogP contribution is 2.31. The zero-order valence-electron chi connectivity index (χ0n) is 17.9.